The molecule has 1 saturated carbocycles. The fourth-order valence-electron chi connectivity index (χ4n) is 24.7. The summed E-state index contributed by atoms with van der Waals surface area (Å²) in [6.45, 7) is 0. The number of hydrogen-bond acceptors (Lipinski definition) is 3. The highest BCUT2D eigenvalue weighted by molar-refractivity contribution is 6.17. The third-order valence-electron chi connectivity index (χ3n) is 30.2. The van der Waals surface area contributed by atoms with Gasteiger partial charge in [0, 0.05) is 106 Å². The van der Waals surface area contributed by atoms with Crippen LogP contribution in [0.3, 0.4) is 0 Å². The summed E-state index contributed by atoms with van der Waals surface area (Å²) in [4.78, 5) is 10.6. The Bertz CT molecular complexity index is 7480. The zero-order valence-corrected chi connectivity index (χ0v) is 69.1. The summed E-state index contributed by atoms with van der Waals surface area (Å²) in [5.74, 6) is 4.28. The Hall–Kier alpha value is -14.2. The van der Waals surface area contributed by atoms with E-state index in [2.05, 4.69) is 395 Å². The lowest BCUT2D eigenvalue weighted by Gasteiger charge is -2.30. The maximum atomic E-state index is 3.76. The molecule has 0 amide bonds. The van der Waals surface area contributed by atoms with Gasteiger partial charge in [-0.3, -0.25) is 0 Å². The second-order valence-corrected chi connectivity index (χ2v) is 36.4. The number of para-hydroxylation sites is 5. The summed E-state index contributed by atoms with van der Waals surface area (Å²) in [6.07, 6.45) is 33.0. The van der Waals surface area contributed by atoms with Crippen LogP contribution in [0.5, 0.6) is 0 Å². The predicted molar refractivity (Wildman–Crippen MR) is 515 cm³/mol. The van der Waals surface area contributed by atoms with E-state index in [-0.39, 0.29) is 0 Å². The van der Waals surface area contributed by atoms with E-state index in [0.717, 1.165) is 31.1 Å². The molecule has 10 atom stereocenters. The molecule has 124 heavy (non-hydrogen) atoms. The summed E-state index contributed by atoms with van der Waals surface area (Å²) in [6, 6.07) is 111. The molecule has 14 aliphatic rings. The Balaban J connectivity index is 0.0000000797. The van der Waals surface area contributed by atoms with E-state index in [1.165, 1.54) is 204 Å². The molecular weight excluding hydrogens is 1500 g/mol. The van der Waals surface area contributed by atoms with Gasteiger partial charge in [-0.05, 0) is 228 Å². The second kappa shape index (κ2) is 28.7. The number of nitrogens with one attached hydrogen (secondary N) is 6. The van der Waals surface area contributed by atoms with Crippen molar-refractivity contribution in [3.63, 3.8) is 0 Å². The fraction of sp³-hybridized carbons (Fsp3) is 0.153. The van der Waals surface area contributed by atoms with Crippen LogP contribution in [0.1, 0.15) is 138 Å². The Morgan fingerprint density at radius 3 is 1.54 bits per heavy atom. The molecule has 6 heteroatoms. The van der Waals surface area contributed by atoms with E-state index in [9.17, 15) is 0 Å². The van der Waals surface area contributed by atoms with Gasteiger partial charge in [-0.25, -0.2) is 0 Å². The zero-order valence-electron chi connectivity index (χ0n) is 69.1. The number of H-pyrrole nitrogens is 3. The smallest absolute Gasteiger partial charge is 0.0624 e. The lowest BCUT2D eigenvalue weighted by Crippen LogP contribution is -2.30. The minimum atomic E-state index is 0.332. The molecular formula is C118H92N6. The minimum absolute atomic E-state index is 0.332. The van der Waals surface area contributed by atoms with Crippen LogP contribution in [0.2, 0.25) is 0 Å². The maximum absolute atomic E-state index is 3.76. The van der Waals surface area contributed by atoms with Gasteiger partial charge in [-0.15, -0.1) is 0 Å². The molecule has 0 spiro atoms. The second-order valence-electron chi connectivity index (χ2n) is 36.4. The van der Waals surface area contributed by atoms with Gasteiger partial charge >= 0.3 is 0 Å². The molecule has 10 unspecified atom stereocenters. The van der Waals surface area contributed by atoms with Crippen LogP contribution in [0, 0.1) is 17.8 Å². The summed E-state index contributed by atoms with van der Waals surface area (Å²) >= 11 is 0. The quantitative estimate of drug-likeness (QED) is 0.0915. The molecule has 6 nitrogen and oxygen atoms in total. The summed E-state index contributed by atoms with van der Waals surface area (Å²) in [5, 5.41) is 18.9. The molecule has 0 saturated heterocycles. The van der Waals surface area contributed by atoms with E-state index >= 15 is 0 Å². The van der Waals surface area contributed by atoms with Crippen molar-refractivity contribution in [2.24, 2.45) is 17.8 Å². The van der Waals surface area contributed by atoms with Crippen molar-refractivity contribution < 1.29 is 0 Å². The van der Waals surface area contributed by atoms with Gasteiger partial charge in [0.25, 0.3) is 0 Å². The SMILES string of the molecule is C1=CC2NC3=C(C=CC4Nc5ccccc5C34)C2C=C1.C1=CC2c3ccccc3CC2C2=C1c1ccccc1C2.C1=CC2c3ccccc3NC2c2ccc3c([nH]c4ccccc43)c21.c1ccc2c(c1)CC1=C2c2ccccc2C2CCCC12.c1ccc2c(c1)Cc1c-2ccc2c1Cc1ccccc1-2.c1ccc2c(c1)[nH]c1cc3[nH]c4ccccc4c3cc12. The Morgan fingerprint density at radius 1 is 0.290 bits per heavy atom. The zero-order chi connectivity index (χ0) is 81.2. The molecule has 1 fully saturated rings. The van der Waals surface area contributed by atoms with Crippen molar-refractivity contribution in [1.82, 2.24) is 20.3 Å². The summed E-state index contributed by atoms with van der Waals surface area (Å²) in [5.41, 5.74) is 48.8. The number of rotatable bonds is 0. The fourth-order valence-corrected chi connectivity index (χ4v) is 24.7. The number of fused-ring (bicyclic) bond motifs is 41. The van der Waals surface area contributed by atoms with Crippen molar-refractivity contribution in [2.45, 2.75) is 93.2 Å². The number of aromatic amines is 3. The van der Waals surface area contributed by atoms with E-state index in [0.29, 0.717) is 47.7 Å². The molecule has 11 aliphatic carbocycles. The first-order valence-electron chi connectivity index (χ1n) is 45.1. The van der Waals surface area contributed by atoms with Gasteiger partial charge in [0.05, 0.1) is 23.6 Å². The molecule has 0 bridgehead atoms. The molecule has 3 aliphatic heterocycles. The van der Waals surface area contributed by atoms with Crippen LogP contribution >= 0.6 is 0 Å². The first kappa shape index (κ1) is 71.5. The molecule has 14 aromatic carbocycles. The third-order valence-corrected chi connectivity index (χ3v) is 30.2. The minimum Gasteiger partial charge on any atom is -0.380 e. The van der Waals surface area contributed by atoms with Gasteiger partial charge in [0.15, 0.2) is 0 Å². The summed E-state index contributed by atoms with van der Waals surface area (Å²) in [7, 11) is 0. The monoisotopic (exact) mass is 1590 g/mol. The maximum Gasteiger partial charge on any atom is 0.0624 e. The summed E-state index contributed by atoms with van der Waals surface area (Å²) < 4.78 is 0. The highest BCUT2D eigenvalue weighted by atomic mass is 15.0. The lowest BCUT2D eigenvalue weighted by atomic mass is 9.73. The molecule has 0 radical (unpaired) electrons. The normalized spacial score (nSPS) is 22.0. The Labute approximate surface area is 722 Å². The first-order valence-corrected chi connectivity index (χ1v) is 45.1. The molecule has 17 aromatic rings. The standard InChI is InChI=1S/C22H16N2.C20H16.C20H14.C20H18.C18H12N2.C18H16N2/c1-3-7-19-13(5-1)15-9-11-18-17(21(15)23-19)12-10-16-14-6-2-4-8-20(14)24-22(16)18;2*1-3-7-15-13(5-1)11-19-17(15)9-10-18-16-8-4-2-6-14(16)12-20(18)19;1-2-7-14-13(6-1)12-19-17-11-5-10-15(17)16-8-3-4-9-18(16)20(14)19;1-3-7-15-11(5-1)13-9-14-12-6-2-4-8-16(12)20-18(14)10-17(13)19-15;1-3-7-14-11(5-1)12-9-10-16-17(18(12)20-14)13-6-2-4-8-15(13)19-16/h1-12,15,21,23-24H;1-10,17,19H,11-12H2;1-10H,11-12H2;1-4,6-9,15,17H,5,10-12H2;1-10,19-20H;1-11,14,16-17,19-20H. The third kappa shape index (κ3) is 11.4. The van der Waals surface area contributed by atoms with Crippen LogP contribution in [0.25, 0.3) is 105 Å². The van der Waals surface area contributed by atoms with E-state index in [4.69, 9.17) is 0 Å². The van der Waals surface area contributed by atoms with Crippen LogP contribution < -0.4 is 16.0 Å². The average Bonchev–Trinajstić information content (AvgIpc) is 1.57. The average molecular weight is 1590 g/mol. The first-order chi connectivity index (χ1) is 61.5. The predicted octanol–water partition coefficient (Wildman–Crippen LogP) is 27.9. The van der Waals surface area contributed by atoms with Gasteiger partial charge in [0.1, 0.15) is 0 Å². The lowest BCUT2D eigenvalue weighted by molar-refractivity contribution is 0.544. The Morgan fingerprint density at radius 2 is 0.831 bits per heavy atom. The van der Waals surface area contributed by atoms with Crippen LogP contribution in [0.4, 0.5) is 11.4 Å². The number of aromatic nitrogens is 3. The van der Waals surface area contributed by atoms with Gasteiger partial charge in [-0.2, -0.15) is 0 Å². The van der Waals surface area contributed by atoms with E-state index in [1.54, 1.807) is 50.1 Å². The molecule has 3 aromatic heterocycles. The van der Waals surface area contributed by atoms with Gasteiger partial charge in [-0.1, -0.05) is 339 Å². The highest BCUT2D eigenvalue weighted by Crippen LogP contribution is 2.58. The van der Waals surface area contributed by atoms with Crippen LogP contribution in [-0.4, -0.2) is 27.0 Å². The number of anilines is 2. The van der Waals surface area contributed by atoms with E-state index in [1.807, 2.05) is 0 Å². The number of benzene rings is 14. The van der Waals surface area contributed by atoms with Crippen LogP contribution in [-0.2, 0) is 32.1 Å². The molecule has 594 valence electrons. The van der Waals surface area contributed by atoms with Gasteiger partial charge in [0.2, 0.25) is 0 Å². The van der Waals surface area contributed by atoms with Crippen molar-refractivity contribution in [3.05, 3.63) is 469 Å². The topological polar surface area (TPSA) is 83.5 Å². The van der Waals surface area contributed by atoms with Crippen molar-refractivity contribution in [3.8, 4) is 22.3 Å². The molecule has 31 rings (SSSR count). The van der Waals surface area contributed by atoms with Gasteiger partial charge < -0.3 is 30.9 Å². The number of hydrogen-bond donors (Lipinski definition) is 6. The van der Waals surface area contributed by atoms with E-state index < -0.39 is 0 Å². The van der Waals surface area contributed by atoms with Crippen LogP contribution in [0.15, 0.2) is 380 Å². The Kier molecular flexibility index (Phi) is 16.6. The highest BCUT2D eigenvalue weighted by Gasteiger charge is 2.45. The van der Waals surface area contributed by atoms with Crippen molar-refractivity contribution in [2.75, 3.05) is 10.6 Å². The van der Waals surface area contributed by atoms with Crippen molar-refractivity contribution in [1.29, 1.82) is 0 Å². The van der Waals surface area contributed by atoms with Crippen molar-refractivity contribution >= 4 is 94.0 Å². The number of allylic oxidation sites excluding steroid dienone is 8. The molecule has 6 N–H and O–H groups in total. The molecule has 6 heterocycles. The largest absolute Gasteiger partial charge is 0.380 e.